The fourth-order valence-corrected chi connectivity index (χ4v) is 4.16. The predicted octanol–water partition coefficient (Wildman–Crippen LogP) is 4.52. The van der Waals surface area contributed by atoms with Gasteiger partial charge >= 0.3 is 0 Å². The van der Waals surface area contributed by atoms with Gasteiger partial charge in [-0.2, -0.15) is 0 Å². The number of hydrogen-bond donors (Lipinski definition) is 0. The zero-order chi connectivity index (χ0) is 16.9. The van der Waals surface area contributed by atoms with Crippen LogP contribution in [0.5, 0.6) is 0 Å². The SMILES string of the molecule is CC(Sc1nccn1-c1ccc(Br)cc1)C(=O)N1CCCCCC1. The number of likely N-dealkylation sites (tertiary alicyclic amines) is 1. The van der Waals surface area contributed by atoms with Crippen LogP contribution in [0.25, 0.3) is 5.69 Å². The normalized spacial score (nSPS) is 16.7. The molecule has 1 unspecified atom stereocenters. The molecule has 1 atom stereocenters. The van der Waals surface area contributed by atoms with Crippen LogP contribution in [0, 0.1) is 0 Å². The maximum Gasteiger partial charge on any atom is 0.235 e. The molecule has 0 aliphatic carbocycles. The molecule has 1 amide bonds. The molecule has 4 nitrogen and oxygen atoms in total. The molecule has 0 radical (unpaired) electrons. The summed E-state index contributed by atoms with van der Waals surface area (Å²) in [4.78, 5) is 19.2. The summed E-state index contributed by atoms with van der Waals surface area (Å²) in [6, 6.07) is 8.10. The van der Waals surface area contributed by atoms with Crippen LogP contribution in [0.3, 0.4) is 0 Å². The first-order chi connectivity index (χ1) is 11.6. The van der Waals surface area contributed by atoms with Crippen molar-refractivity contribution in [3.63, 3.8) is 0 Å². The standard InChI is InChI=1S/C18H22BrN3OS/c1-14(17(23)21-11-4-2-3-5-12-21)24-18-20-10-13-22(18)16-8-6-15(19)7-9-16/h6-10,13-14H,2-5,11-12H2,1H3. The summed E-state index contributed by atoms with van der Waals surface area (Å²) in [6.45, 7) is 3.77. The second kappa shape index (κ2) is 8.21. The fraction of sp³-hybridized carbons (Fsp3) is 0.444. The quantitative estimate of drug-likeness (QED) is 0.699. The lowest BCUT2D eigenvalue weighted by molar-refractivity contribution is -0.130. The van der Waals surface area contributed by atoms with Gasteiger partial charge in [-0.05, 0) is 44.0 Å². The third kappa shape index (κ3) is 4.22. The first-order valence-corrected chi connectivity index (χ1v) is 10.1. The lowest BCUT2D eigenvalue weighted by Crippen LogP contribution is -2.37. The van der Waals surface area contributed by atoms with E-state index in [1.807, 2.05) is 46.9 Å². The van der Waals surface area contributed by atoms with Crippen LogP contribution < -0.4 is 0 Å². The van der Waals surface area contributed by atoms with Crippen molar-refractivity contribution in [2.75, 3.05) is 13.1 Å². The van der Waals surface area contributed by atoms with Crippen molar-refractivity contribution in [2.24, 2.45) is 0 Å². The number of amides is 1. The molecule has 2 aromatic rings. The topological polar surface area (TPSA) is 38.1 Å². The molecule has 3 rings (SSSR count). The minimum absolute atomic E-state index is 0.125. The molecular formula is C18H22BrN3OS. The highest BCUT2D eigenvalue weighted by atomic mass is 79.9. The van der Waals surface area contributed by atoms with Gasteiger partial charge in [0.1, 0.15) is 0 Å². The van der Waals surface area contributed by atoms with E-state index in [-0.39, 0.29) is 11.2 Å². The van der Waals surface area contributed by atoms with Crippen LogP contribution in [-0.4, -0.2) is 38.7 Å². The van der Waals surface area contributed by atoms with Gasteiger partial charge in [0.15, 0.2) is 5.16 Å². The number of carbonyl (C=O) groups excluding carboxylic acids is 1. The summed E-state index contributed by atoms with van der Waals surface area (Å²) >= 11 is 4.99. The first-order valence-electron chi connectivity index (χ1n) is 8.40. The average molecular weight is 408 g/mol. The average Bonchev–Trinajstić information content (AvgIpc) is 2.87. The number of aromatic nitrogens is 2. The molecule has 6 heteroatoms. The fourth-order valence-electron chi connectivity index (χ4n) is 2.93. The molecule has 128 valence electrons. The Hall–Kier alpha value is -1.27. The Bertz CT molecular complexity index is 678. The van der Waals surface area contributed by atoms with E-state index < -0.39 is 0 Å². The van der Waals surface area contributed by atoms with Crippen molar-refractivity contribution < 1.29 is 4.79 Å². The second-order valence-corrected chi connectivity index (χ2v) is 8.28. The Balaban J connectivity index is 1.70. The molecule has 2 heterocycles. The lowest BCUT2D eigenvalue weighted by atomic mass is 10.2. The van der Waals surface area contributed by atoms with Gasteiger partial charge in [0.2, 0.25) is 5.91 Å². The second-order valence-electron chi connectivity index (χ2n) is 6.06. The number of hydrogen-bond acceptors (Lipinski definition) is 3. The van der Waals surface area contributed by atoms with Gasteiger partial charge < -0.3 is 4.90 Å². The van der Waals surface area contributed by atoms with E-state index in [9.17, 15) is 4.79 Å². The van der Waals surface area contributed by atoms with Gasteiger partial charge in [-0.15, -0.1) is 0 Å². The third-order valence-corrected chi connectivity index (χ3v) is 5.86. The summed E-state index contributed by atoms with van der Waals surface area (Å²) in [5, 5.41) is 0.729. The molecule has 1 saturated heterocycles. The zero-order valence-corrected chi connectivity index (χ0v) is 16.2. The molecule has 0 bridgehead atoms. The highest BCUT2D eigenvalue weighted by Crippen LogP contribution is 2.27. The number of halogens is 1. The Kier molecular flexibility index (Phi) is 6.00. The van der Waals surface area contributed by atoms with Crippen molar-refractivity contribution in [1.29, 1.82) is 0 Å². The molecular weight excluding hydrogens is 386 g/mol. The minimum atomic E-state index is -0.125. The van der Waals surface area contributed by atoms with Crippen molar-refractivity contribution in [1.82, 2.24) is 14.5 Å². The number of nitrogens with zero attached hydrogens (tertiary/aromatic N) is 3. The van der Waals surface area contributed by atoms with Gasteiger partial charge in [-0.1, -0.05) is 40.5 Å². The molecule has 1 aromatic carbocycles. The van der Waals surface area contributed by atoms with Gasteiger partial charge in [-0.25, -0.2) is 4.98 Å². The highest BCUT2D eigenvalue weighted by Gasteiger charge is 2.23. The number of benzene rings is 1. The molecule has 0 N–H and O–H groups in total. The summed E-state index contributed by atoms with van der Waals surface area (Å²) in [7, 11) is 0. The van der Waals surface area contributed by atoms with Crippen molar-refractivity contribution in [3.05, 3.63) is 41.1 Å². The van der Waals surface area contributed by atoms with E-state index >= 15 is 0 Å². The van der Waals surface area contributed by atoms with E-state index in [0.717, 1.165) is 41.2 Å². The van der Waals surface area contributed by atoms with Crippen molar-refractivity contribution in [2.45, 2.75) is 43.0 Å². The predicted molar refractivity (Wildman–Crippen MR) is 102 cm³/mol. The Morgan fingerprint density at radius 1 is 1.17 bits per heavy atom. The van der Waals surface area contributed by atoms with Crippen LogP contribution in [0.4, 0.5) is 0 Å². The van der Waals surface area contributed by atoms with Crippen LogP contribution in [0.15, 0.2) is 46.3 Å². The smallest absolute Gasteiger partial charge is 0.235 e. The molecule has 1 aromatic heterocycles. The van der Waals surface area contributed by atoms with Crippen LogP contribution >= 0.6 is 27.7 Å². The van der Waals surface area contributed by atoms with Gasteiger partial charge in [0, 0.05) is 35.6 Å². The zero-order valence-electron chi connectivity index (χ0n) is 13.8. The Morgan fingerprint density at radius 3 is 2.50 bits per heavy atom. The van der Waals surface area contributed by atoms with E-state index in [2.05, 4.69) is 20.9 Å². The van der Waals surface area contributed by atoms with E-state index in [1.165, 1.54) is 24.6 Å². The molecule has 1 aliphatic rings. The van der Waals surface area contributed by atoms with E-state index in [4.69, 9.17) is 0 Å². The Labute approximate surface area is 155 Å². The van der Waals surface area contributed by atoms with Crippen molar-refractivity contribution in [3.8, 4) is 5.69 Å². The number of carbonyl (C=O) groups is 1. The van der Waals surface area contributed by atoms with Gasteiger partial charge in [0.05, 0.1) is 5.25 Å². The summed E-state index contributed by atoms with van der Waals surface area (Å²) in [5.41, 5.74) is 1.05. The van der Waals surface area contributed by atoms with Crippen LogP contribution in [-0.2, 0) is 4.79 Å². The summed E-state index contributed by atoms with van der Waals surface area (Å²) in [5.74, 6) is 0.229. The monoisotopic (exact) mass is 407 g/mol. The molecule has 0 spiro atoms. The first kappa shape index (κ1) is 17.5. The Morgan fingerprint density at radius 2 is 1.83 bits per heavy atom. The molecule has 0 saturated carbocycles. The summed E-state index contributed by atoms with van der Waals surface area (Å²) in [6.07, 6.45) is 8.44. The molecule has 1 fully saturated rings. The summed E-state index contributed by atoms with van der Waals surface area (Å²) < 4.78 is 3.08. The number of imidazole rings is 1. The van der Waals surface area contributed by atoms with Crippen LogP contribution in [0.2, 0.25) is 0 Å². The molecule has 24 heavy (non-hydrogen) atoms. The van der Waals surface area contributed by atoms with Crippen molar-refractivity contribution >= 4 is 33.6 Å². The lowest BCUT2D eigenvalue weighted by Gasteiger charge is -2.23. The third-order valence-electron chi connectivity index (χ3n) is 4.26. The van der Waals surface area contributed by atoms with Gasteiger partial charge in [-0.3, -0.25) is 9.36 Å². The van der Waals surface area contributed by atoms with Gasteiger partial charge in [0.25, 0.3) is 0 Å². The van der Waals surface area contributed by atoms with E-state index in [0.29, 0.717) is 0 Å². The van der Waals surface area contributed by atoms with Crippen LogP contribution in [0.1, 0.15) is 32.6 Å². The number of rotatable bonds is 4. The number of thioether (sulfide) groups is 1. The van der Waals surface area contributed by atoms with E-state index in [1.54, 1.807) is 6.20 Å². The molecule has 1 aliphatic heterocycles. The highest BCUT2D eigenvalue weighted by molar-refractivity contribution is 9.10. The maximum atomic E-state index is 12.7. The maximum absolute atomic E-state index is 12.7. The largest absolute Gasteiger partial charge is 0.342 e. The minimum Gasteiger partial charge on any atom is -0.342 e.